The maximum absolute atomic E-state index is 4.35. The smallest absolute Gasteiger partial charge is 0.218 e. The first-order valence-electron chi connectivity index (χ1n) is 4.93. The number of aromatic nitrogens is 6. The van der Waals surface area contributed by atoms with E-state index in [-0.39, 0.29) is 0 Å². The van der Waals surface area contributed by atoms with Gasteiger partial charge >= 0.3 is 0 Å². The van der Waals surface area contributed by atoms with Gasteiger partial charge in [-0.25, -0.2) is 0 Å². The van der Waals surface area contributed by atoms with E-state index in [4.69, 9.17) is 0 Å². The van der Waals surface area contributed by atoms with Crippen molar-refractivity contribution in [2.45, 2.75) is 26.8 Å². The van der Waals surface area contributed by atoms with Gasteiger partial charge in [-0.05, 0) is 4.80 Å². The van der Waals surface area contributed by atoms with Crippen LogP contribution in [0.25, 0.3) is 0 Å². The summed E-state index contributed by atoms with van der Waals surface area (Å²) in [5, 5.41) is 15.2. The van der Waals surface area contributed by atoms with E-state index >= 15 is 0 Å². The lowest BCUT2D eigenvalue weighted by molar-refractivity contribution is -0.504. The van der Waals surface area contributed by atoms with Gasteiger partial charge in [0.1, 0.15) is 6.54 Å². The minimum Gasteiger partial charge on any atom is -0.252 e. The second-order valence-electron chi connectivity index (χ2n) is 3.64. The van der Waals surface area contributed by atoms with Gasteiger partial charge in [-0.3, -0.25) is 4.68 Å². The Kier molecular flexibility index (Phi) is 2.49. The average molecular weight is 207 g/mol. The standard InChI is InChI=1S/C9H14N6/c1-7-8(2)12-15(11-7)5-4-9-6-10-13-14(9)3/h6H,4-5H2,1-3H3/p+1. The van der Waals surface area contributed by atoms with Crippen LogP contribution in [-0.2, 0) is 20.0 Å². The molecule has 0 aliphatic carbocycles. The van der Waals surface area contributed by atoms with Gasteiger partial charge in [0.05, 0.1) is 11.9 Å². The third-order valence-electron chi connectivity index (χ3n) is 2.50. The highest BCUT2D eigenvalue weighted by atomic mass is 15.5. The van der Waals surface area contributed by atoms with Gasteiger partial charge in [-0.2, -0.15) is 5.10 Å². The van der Waals surface area contributed by atoms with E-state index in [0.717, 1.165) is 30.0 Å². The van der Waals surface area contributed by atoms with Gasteiger partial charge < -0.3 is 0 Å². The first-order chi connectivity index (χ1) is 7.16. The molecule has 0 unspecified atom stereocenters. The molecular formula is C9H15N6+. The molecule has 0 amide bonds. The number of nitrogens with zero attached hydrogens (tertiary/aromatic N) is 5. The van der Waals surface area contributed by atoms with Gasteiger partial charge in [-0.15, -0.1) is 5.10 Å². The first-order valence-corrected chi connectivity index (χ1v) is 4.93. The van der Waals surface area contributed by atoms with E-state index in [1.165, 1.54) is 0 Å². The van der Waals surface area contributed by atoms with E-state index in [1.807, 2.05) is 25.7 Å². The maximum atomic E-state index is 4.35. The number of aromatic amines is 1. The Morgan fingerprint density at radius 3 is 2.73 bits per heavy atom. The van der Waals surface area contributed by atoms with E-state index in [1.54, 1.807) is 10.9 Å². The predicted molar refractivity (Wildman–Crippen MR) is 53.0 cm³/mol. The molecule has 2 aromatic rings. The molecule has 0 radical (unpaired) electrons. The Morgan fingerprint density at radius 2 is 2.20 bits per heavy atom. The molecule has 6 nitrogen and oxygen atoms in total. The molecule has 80 valence electrons. The highest BCUT2D eigenvalue weighted by Gasteiger charge is 2.10. The molecule has 15 heavy (non-hydrogen) atoms. The van der Waals surface area contributed by atoms with E-state index in [2.05, 4.69) is 20.5 Å². The van der Waals surface area contributed by atoms with Crippen molar-refractivity contribution >= 4 is 0 Å². The molecule has 1 N–H and O–H groups in total. The fraction of sp³-hybridized carbons (Fsp3) is 0.556. The fourth-order valence-corrected chi connectivity index (χ4v) is 1.42. The molecule has 0 aromatic carbocycles. The van der Waals surface area contributed by atoms with Gasteiger partial charge in [0.15, 0.2) is 5.69 Å². The van der Waals surface area contributed by atoms with E-state index < -0.39 is 0 Å². The van der Waals surface area contributed by atoms with Crippen LogP contribution in [0.5, 0.6) is 0 Å². The predicted octanol–water partition coefficient (Wildman–Crippen LogP) is -0.315. The van der Waals surface area contributed by atoms with Gasteiger partial charge in [0, 0.05) is 32.4 Å². The van der Waals surface area contributed by atoms with Crippen molar-refractivity contribution in [3.8, 4) is 0 Å². The monoisotopic (exact) mass is 207 g/mol. The summed E-state index contributed by atoms with van der Waals surface area (Å²) in [6.07, 6.45) is 2.66. The molecule has 0 saturated heterocycles. The second kappa shape index (κ2) is 3.80. The van der Waals surface area contributed by atoms with Crippen LogP contribution < -0.4 is 5.10 Å². The molecule has 6 heteroatoms. The molecular weight excluding hydrogens is 192 g/mol. The normalized spacial score (nSPS) is 10.9. The minimum absolute atomic E-state index is 0.815. The summed E-state index contributed by atoms with van der Waals surface area (Å²) in [5.74, 6) is 0. The third-order valence-corrected chi connectivity index (χ3v) is 2.50. The Labute approximate surface area is 87.9 Å². The summed E-state index contributed by atoms with van der Waals surface area (Å²) in [6, 6.07) is 0. The molecule has 0 bridgehead atoms. The van der Waals surface area contributed by atoms with Gasteiger partial charge in [0.25, 0.3) is 0 Å². The van der Waals surface area contributed by atoms with Crippen molar-refractivity contribution in [3.05, 3.63) is 23.3 Å². The molecule has 0 saturated carbocycles. The van der Waals surface area contributed by atoms with Crippen LogP contribution in [0, 0.1) is 13.8 Å². The quantitative estimate of drug-likeness (QED) is 0.693. The zero-order chi connectivity index (χ0) is 10.8. The van der Waals surface area contributed by atoms with Gasteiger partial charge in [0.2, 0.25) is 5.69 Å². The Bertz CT molecular complexity index is 435. The minimum atomic E-state index is 0.815. The zero-order valence-corrected chi connectivity index (χ0v) is 9.23. The lowest BCUT2D eigenvalue weighted by atomic mass is 10.3. The van der Waals surface area contributed by atoms with Crippen LogP contribution in [0.2, 0.25) is 0 Å². The van der Waals surface area contributed by atoms with Crippen molar-refractivity contribution < 1.29 is 5.10 Å². The molecule has 2 aromatic heterocycles. The van der Waals surface area contributed by atoms with Crippen molar-refractivity contribution in [2.75, 3.05) is 0 Å². The average Bonchev–Trinajstić information content (AvgIpc) is 2.72. The summed E-state index contributed by atoms with van der Waals surface area (Å²) in [6.45, 7) is 4.83. The van der Waals surface area contributed by atoms with Crippen LogP contribution in [0.15, 0.2) is 6.20 Å². The van der Waals surface area contributed by atoms with E-state index in [9.17, 15) is 0 Å². The van der Waals surface area contributed by atoms with Crippen LogP contribution in [-0.4, -0.2) is 24.9 Å². The number of aryl methyl sites for hydroxylation is 5. The lowest BCUT2D eigenvalue weighted by Crippen LogP contribution is -2.22. The Morgan fingerprint density at radius 1 is 1.40 bits per heavy atom. The molecule has 0 aliphatic rings. The van der Waals surface area contributed by atoms with Crippen molar-refractivity contribution in [2.24, 2.45) is 7.05 Å². The van der Waals surface area contributed by atoms with Crippen LogP contribution in [0.4, 0.5) is 0 Å². The van der Waals surface area contributed by atoms with Crippen molar-refractivity contribution in [1.82, 2.24) is 24.9 Å². The fourth-order valence-electron chi connectivity index (χ4n) is 1.42. The summed E-state index contributed by atoms with van der Waals surface area (Å²) in [5.41, 5.74) is 3.26. The molecule has 2 heterocycles. The first kappa shape index (κ1) is 9.82. The van der Waals surface area contributed by atoms with Crippen LogP contribution >= 0.6 is 0 Å². The summed E-state index contributed by atoms with van der Waals surface area (Å²) < 4.78 is 1.78. The SMILES string of the molecule is Cc1nn(CCc2cnnn2C)[nH+]c1C. The number of rotatable bonds is 3. The molecule has 0 spiro atoms. The number of H-pyrrole nitrogens is 1. The van der Waals surface area contributed by atoms with Crippen LogP contribution in [0.1, 0.15) is 17.1 Å². The second-order valence-corrected chi connectivity index (χ2v) is 3.64. The van der Waals surface area contributed by atoms with Crippen LogP contribution in [0.3, 0.4) is 0 Å². The van der Waals surface area contributed by atoms with Crippen molar-refractivity contribution in [3.63, 3.8) is 0 Å². The highest BCUT2D eigenvalue weighted by Crippen LogP contribution is 1.98. The number of hydrogen-bond donors (Lipinski definition) is 0. The van der Waals surface area contributed by atoms with Crippen molar-refractivity contribution in [1.29, 1.82) is 0 Å². The third kappa shape index (κ3) is 2.03. The zero-order valence-electron chi connectivity index (χ0n) is 9.23. The van der Waals surface area contributed by atoms with Gasteiger partial charge in [-0.1, -0.05) is 5.21 Å². The molecule has 0 atom stereocenters. The Balaban J connectivity index is 2.02. The highest BCUT2D eigenvalue weighted by molar-refractivity contribution is 4.97. The Hall–Kier alpha value is -1.72. The lowest BCUT2D eigenvalue weighted by Gasteiger charge is -1.96. The topological polar surface area (TPSA) is 62.7 Å². The number of nitrogens with one attached hydrogen (secondary N) is 1. The number of hydrogen-bond acceptors (Lipinski definition) is 3. The molecule has 0 aliphatic heterocycles. The molecule has 2 rings (SSSR count). The summed E-state index contributed by atoms with van der Waals surface area (Å²) in [7, 11) is 1.89. The molecule has 0 fully saturated rings. The summed E-state index contributed by atoms with van der Waals surface area (Å²) >= 11 is 0. The maximum Gasteiger partial charge on any atom is 0.218 e. The van der Waals surface area contributed by atoms with E-state index in [0.29, 0.717) is 0 Å². The largest absolute Gasteiger partial charge is 0.252 e. The summed E-state index contributed by atoms with van der Waals surface area (Å²) in [4.78, 5) is 1.84.